The maximum atomic E-state index is 13.6. The minimum absolute atomic E-state index is 0.109. The van der Waals surface area contributed by atoms with Crippen molar-refractivity contribution in [3.8, 4) is 0 Å². The molecule has 0 amide bonds. The molecule has 1 aromatic rings. The molecule has 0 radical (unpaired) electrons. The zero-order chi connectivity index (χ0) is 28.3. The van der Waals surface area contributed by atoms with E-state index in [1.807, 2.05) is 18.2 Å². The Balaban J connectivity index is 1.95. The molecule has 222 valence electrons. The zero-order valence-electron chi connectivity index (χ0n) is 22.7. The molecule has 9 heteroatoms. The van der Waals surface area contributed by atoms with Gasteiger partial charge in [0.25, 0.3) is 5.67 Å². The first kappa shape index (κ1) is 34.7. The van der Waals surface area contributed by atoms with Gasteiger partial charge in [0.2, 0.25) is 0 Å². The first-order valence-corrected chi connectivity index (χ1v) is 14.1. The molecule has 0 aliphatic rings. The first-order chi connectivity index (χ1) is 18.0. The van der Waals surface area contributed by atoms with E-state index in [2.05, 4.69) is 19.1 Å². The first-order valence-electron chi connectivity index (χ1n) is 14.1. The largest absolute Gasteiger partial charge is 0.431 e. The molecular weight excluding hydrogens is 513 g/mol. The van der Waals surface area contributed by atoms with Crippen LogP contribution in [0.5, 0.6) is 0 Å². The van der Waals surface area contributed by atoms with Gasteiger partial charge in [0.1, 0.15) is 0 Å². The average Bonchev–Trinajstić information content (AvgIpc) is 2.86. The molecule has 0 fully saturated rings. The summed E-state index contributed by atoms with van der Waals surface area (Å²) in [5.41, 5.74) is -3.95. The van der Waals surface area contributed by atoms with Gasteiger partial charge in [-0.2, -0.15) is 26.3 Å². The second-order valence-electron chi connectivity index (χ2n) is 10.1. The summed E-state index contributed by atoms with van der Waals surface area (Å²) in [5, 5.41) is 0. The van der Waals surface area contributed by atoms with Crippen molar-refractivity contribution in [2.45, 2.75) is 134 Å². The Labute approximate surface area is 223 Å². The average molecular weight is 559 g/mol. The minimum Gasteiger partial charge on any atom is -0.379 e. The van der Waals surface area contributed by atoms with Crippen LogP contribution in [0.15, 0.2) is 30.3 Å². The molecule has 1 unspecified atom stereocenters. The number of benzene rings is 1. The van der Waals surface area contributed by atoms with E-state index >= 15 is 0 Å². The molecule has 0 aliphatic carbocycles. The lowest BCUT2D eigenvalue weighted by molar-refractivity contribution is -0.343. The van der Waals surface area contributed by atoms with Crippen LogP contribution in [0.2, 0.25) is 0 Å². The van der Waals surface area contributed by atoms with Crippen molar-refractivity contribution in [1.29, 1.82) is 0 Å². The molecule has 0 bridgehead atoms. The topological polar surface area (TPSA) is 18.5 Å². The number of halogens is 7. The van der Waals surface area contributed by atoms with Crippen LogP contribution < -0.4 is 0 Å². The summed E-state index contributed by atoms with van der Waals surface area (Å²) in [6, 6.07) is 10.1. The molecule has 0 aliphatic heterocycles. The van der Waals surface area contributed by atoms with E-state index in [0.717, 1.165) is 82.8 Å². The van der Waals surface area contributed by atoms with Crippen LogP contribution in [-0.2, 0) is 16.1 Å². The van der Waals surface area contributed by atoms with Crippen molar-refractivity contribution in [2.24, 2.45) is 0 Å². The second-order valence-corrected chi connectivity index (χ2v) is 10.1. The number of rotatable bonds is 22. The quantitative estimate of drug-likeness (QED) is 0.104. The third-order valence-electron chi connectivity index (χ3n) is 6.70. The van der Waals surface area contributed by atoms with Gasteiger partial charge >= 0.3 is 12.4 Å². The summed E-state index contributed by atoms with van der Waals surface area (Å²) in [5.74, 6) is 0. The highest BCUT2D eigenvalue weighted by molar-refractivity contribution is 5.13. The standard InChI is InChI=1S/C29H45F7O2/c1-2-18-26(38-23-25-19-14-13-15-20-25)24-37-22-17-12-10-8-6-4-3-5-7-9-11-16-21-27(30,28(31,32)33)29(34,35)36/h13-15,19-20,26H,2-12,16-18,21-24H2,1H3. The van der Waals surface area contributed by atoms with Gasteiger partial charge in [-0.05, 0) is 31.2 Å². The third-order valence-corrected chi connectivity index (χ3v) is 6.70. The van der Waals surface area contributed by atoms with E-state index in [1.165, 1.54) is 0 Å². The Morgan fingerprint density at radius 3 is 1.61 bits per heavy atom. The lowest BCUT2D eigenvalue weighted by Crippen LogP contribution is -2.53. The SMILES string of the molecule is CCCC(COCCCCCCCCCCCCCCC(F)(C(F)(F)F)C(F)(F)F)OCc1ccccc1. The number of ether oxygens (including phenoxy) is 2. The molecule has 1 atom stereocenters. The highest BCUT2D eigenvalue weighted by Gasteiger charge is 2.71. The van der Waals surface area contributed by atoms with Gasteiger partial charge in [0, 0.05) is 6.61 Å². The van der Waals surface area contributed by atoms with Gasteiger partial charge in [0.15, 0.2) is 0 Å². The molecule has 1 aromatic carbocycles. The molecule has 0 saturated carbocycles. The van der Waals surface area contributed by atoms with Gasteiger partial charge in [-0.25, -0.2) is 4.39 Å². The van der Waals surface area contributed by atoms with Crippen molar-refractivity contribution >= 4 is 0 Å². The van der Waals surface area contributed by atoms with Crippen molar-refractivity contribution in [3.63, 3.8) is 0 Å². The monoisotopic (exact) mass is 558 g/mol. The Morgan fingerprint density at radius 1 is 0.658 bits per heavy atom. The lowest BCUT2D eigenvalue weighted by atomic mass is 9.96. The second kappa shape index (κ2) is 18.9. The minimum atomic E-state index is -5.94. The smallest absolute Gasteiger partial charge is 0.379 e. The van der Waals surface area contributed by atoms with E-state index in [-0.39, 0.29) is 12.5 Å². The molecule has 38 heavy (non-hydrogen) atoms. The Morgan fingerprint density at radius 2 is 1.13 bits per heavy atom. The van der Waals surface area contributed by atoms with E-state index < -0.39 is 30.9 Å². The van der Waals surface area contributed by atoms with Crippen LogP contribution in [0.4, 0.5) is 30.7 Å². The molecule has 1 rings (SSSR count). The Bertz CT molecular complexity index is 678. The number of alkyl halides is 7. The van der Waals surface area contributed by atoms with Crippen LogP contribution in [-0.4, -0.2) is 37.3 Å². The fourth-order valence-electron chi connectivity index (χ4n) is 4.32. The summed E-state index contributed by atoms with van der Waals surface area (Å²) < 4.78 is 100. The number of unbranched alkanes of at least 4 members (excludes halogenated alkanes) is 11. The van der Waals surface area contributed by atoms with Gasteiger partial charge in [-0.3, -0.25) is 0 Å². The van der Waals surface area contributed by atoms with Crippen molar-refractivity contribution < 1.29 is 40.2 Å². The van der Waals surface area contributed by atoms with Crippen LogP contribution in [0.3, 0.4) is 0 Å². The summed E-state index contributed by atoms with van der Waals surface area (Å²) >= 11 is 0. The van der Waals surface area contributed by atoms with Gasteiger partial charge in [0.05, 0.1) is 19.3 Å². The number of hydrogen-bond donors (Lipinski definition) is 0. The highest BCUT2D eigenvalue weighted by atomic mass is 19.4. The maximum Gasteiger partial charge on any atom is 0.431 e. The Hall–Kier alpha value is -1.35. The normalized spacial score (nSPS) is 13.7. The van der Waals surface area contributed by atoms with Crippen molar-refractivity contribution in [3.05, 3.63) is 35.9 Å². The summed E-state index contributed by atoms with van der Waals surface area (Å²) in [4.78, 5) is 0. The van der Waals surface area contributed by atoms with Gasteiger partial charge in [-0.1, -0.05) is 108 Å². The van der Waals surface area contributed by atoms with E-state index in [4.69, 9.17) is 9.47 Å². The molecule has 0 saturated heterocycles. The maximum absolute atomic E-state index is 13.6. The molecule has 0 heterocycles. The van der Waals surface area contributed by atoms with Gasteiger partial charge < -0.3 is 9.47 Å². The summed E-state index contributed by atoms with van der Waals surface area (Å²) in [6.07, 6.45) is -1.89. The van der Waals surface area contributed by atoms with Crippen LogP contribution in [0.1, 0.15) is 109 Å². The highest BCUT2D eigenvalue weighted by Crippen LogP contribution is 2.49. The number of hydrogen-bond acceptors (Lipinski definition) is 2. The van der Waals surface area contributed by atoms with E-state index in [9.17, 15) is 30.7 Å². The summed E-state index contributed by atoms with van der Waals surface area (Å²) in [7, 11) is 0. The Kier molecular flexibility index (Phi) is 17.2. The van der Waals surface area contributed by atoms with Crippen LogP contribution in [0.25, 0.3) is 0 Å². The molecule has 0 aromatic heterocycles. The fourth-order valence-corrected chi connectivity index (χ4v) is 4.32. The van der Waals surface area contributed by atoms with Crippen molar-refractivity contribution in [1.82, 2.24) is 0 Å². The molecule has 0 spiro atoms. The summed E-state index contributed by atoms with van der Waals surface area (Å²) in [6.45, 7) is 4.07. The lowest BCUT2D eigenvalue weighted by Gasteiger charge is -2.29. The molecular formula is C29H45F7O2. The van der Waals surface area contributed by atoms with Crippen LogP contribution in [0, 0.1) is 0 Å². The predicted octanol–water partition coefficient (Wildman–Crippen LogP) is 10.3. The molecule has 0 N–H and O–H groups in total. The fraction of sp³-hybridized carbons (Fsp3) is 0.793. The van der Waals surface area contributed by atoms with Crippen LogP contribution >= 0.6 is 0 Å². The van der Waals surface area contributed by atoms with Crippen molar-refractivity contribution in [2.75, 3.05) is 13.2 Å². The molecule has 2 nitrogen and oxygen atoms in total. The van der Waals surface area contributed by atoms with E-state index in [0.29, 0.717) is 19.6 Å². The predicted molar refractivity (Wildman–Crippen MR) is 137 cm³/mol. The van der Waals surface area contributed by atoms with Gasteiger partial charge in [-0.15, -0.1) is 0 Å². The van der Waals surface area contributed by atoms with E-state index in [1.54, 1.807) is 0 Å². The zero-order valence-corrected chi connectivity index (χ0v) is 22.7. The third kappa shape index (κ3) is 14.2.